The summed E-state index contributed by atoms with van der Waals surface area (Å²) in [5.74, 6) is 0. The Bertz CT molecular complexity index is 408. The molecule has 1 saturated heterocycles. The Labute approximate surface area is 110 Å². The summed E-state index contributed by atoms with van der Waals surface area (Å²) in [6.07, 6.45) is 3.52. The van der Waals surface area contributed by atoms with Crippen molar-refractivity contribution in [2.75, 3.05) is 13.1 Å². The van der Waals surface area contributed by atoms with Crippen molar-refractivity contribution in [1.29, 1.82) is 0 Å². The summed E-state index contributed by atoms with van der Waals surface area (Å²) in [6, 6.07) is 0.597. The third kappa shape index (κ3) is 2.31. The summed E-state index contributed by atoms with van der Waals surface area (Å²) < 4.78 is 1.98. The van der Waals surface area contributed by atoms with Crippen LogP contribution in [0.1, 0.15) is 49.2 Å². The lowest BCUT2D eigenvalue weighted by Crippen LogP contribution is -2.46. The number of aromatic nitrogens is 2. The molecule has 2 atom stereocenters. The van der Waals surface area contributed by atoms with E-state index in [0.717, 1.165) is 18.7 Å². The number of piperidine rings is 1. The van der Waals surface area contributed by atoms with E-state index in [1.807, 2.05) is 11.7 Å². The van der Waals surface area contributed by atoms with Gasteiger partial charge in [-0.3, -0.25) is 9.58 Å². The molecule has 2 N–H and O–H groups in total. The Morgan fingerprint density at radius 2 is 2.11 bits per heavy atom. The van der Waals surface area contributed by atoms with Crippen molar-refractivity contribution in [2.24, 2.45) is 12.8 Å². The lowest BCUT2D eigenvalue weighted by atomic mass is 9.89. The van der Waals surface area contributed by atoms with Crippen LogP contribution in [0.3, 0.4) is 0 Å². The lowest BCUT2D eigenvalue weighted by molar-refractivity contribution is 0.127. The molecule has 0 aliphatic carbocycles. The van der Waals surface area contributed by atoms with E-state index >= 15 is 0 Å². The number of hydrogen-bond donors (Lipinski definition) is 1. The third-order valence-corrected chi connectivity index (χ3v) is 4.15. The molecule has 102 valence electrons. The van der Waals surface area contributed by atoms with Crippen molar-refractivity contribution in [3.63, 3.8) is 0 Å². The van der Waals surface area contributed by atoms with Crippen molar-refractivity contribution >= 4 is 0 Å². The van der Waals surface area contributed by atoms with Gasteiger partial charge in [0.15, 0.2) is 0 Å². The number of nitrogens with two attached hydrogens (primary N) is 1. The Morgan fingerprint density at radius 3 is 2.67 bits per heavy atom. The minimum Gasteiger partial charge on any atom is -0.326 e. The van der Waals surface area contributed by atoms with Gasteiger partial charge in [0.1, 0.15) is 0 Å². The van der Waals surface area contributed by atoms with Crippen LogP contribution in [-0.4, -0.2) is 33.8 Å². The quantitative estimate of drug-likeness (QED) is 0.891. The molecule has 2 rings (SSSR count). The molecule has 1 aromatic heterocycles. The molecule has 18 heavy (non-hydrogen) atoms. The van der Waals surface area contributed by atoms with Crippen LogP contribution in [0.25, 0.3) is 0 Å². The van der Waals surface area contributed by atoms with Crippen molar-refractivity contribution in [1.82, 2.24) is 14.7 Å². The molecule has 0 bridgehead atoms. The standard InChI is InChI=1S/C14H26N4/c1-5-8-18-9-6-7-12(15)14(18)13-10(2)16-17(4)11(13)3/h12,14H,5-9,15H2,1-4H3. The molecule has 1 aliphatic rings. The van der Waals surface area contributed by atoms with Gasteiger partial charge in [-0.25, -0.2) is 0 Å². The van der Waals surface area contributed by atoms with Crippen LogP contribution in [0, 0.1) is 13.8 Å². The molecule has 0 radical (unpaired) electrons. The molecule has 1 fully saturated rings. The highest BCUT2D eigenvalue weighted by Gasteiger charge is 2.33. The Balaban J connectivity index is 2.37. The maximum Gasteiger partial charge on any atom is 0.0644 e. The minimum absolute atomic E-state index is 0.242. The number of hydrogen-bond acceptors (Lipinski definition) is 3. The SMILES string of the molecule is CCCN1CCCC(N)C1c1c(C)nn(C)c1C. The lowest BCUT2D eigenvalue weighted by Gasteiger charge is -2.40. The van der Waals surface area contributed by atoms with E-state index in [0.29, 0.717) is 6.04 Å². The van der Waals surface area contributed by atoms with Gasteiger partial charge in [-0.05, 0) is 46.2 Å². The normalized spacial score (nSPS) is 25.6. The van der Waals surface area contributed by atoms with E-state index in [4.69, 9.17) is 5.73 Å². The zero-order valence-corrected chi connectivity index (χ0v) is 12.1. The first-order chi connectivity index (χ1) is 8.56. The highest BCUT2D eigenvalue weighted by molar-refractivity contribution is 5.30. The Morgan fingerprint density at radius 1 is 1.39 bits per heavy atom. The zero-order chi connectivity index (χ0) is 13.3. The molecule has 4 nitrogen and oxygen atoms in total. The van der Waals surface area contributed by atoms with Gasteiger partial charge < -0.3 is 5.73 Å². The number of aryl methyl sites for hydroxylation is 2. The summed E-state index contributed by atoms with van der Waals surface area (Å²) >= 11 is 0. The molecule has 0 spiro atoms. The molecule has 2 unspecified atom stereocenters. The van der Waals surface area contributed by atoms with Crippen LogP contribution < -0.4 is 5.73 Å². The largest absolute Gasteiger partial charge is 0.326 e. The van der Waals surface area contributed by atoms with Gasteiger partial charge in [0.05, 0.1) is 11.7 Å². The average Bonchev–Trinajstić information content (AvgIpc) is 2.56. The van der Waals surface area contributed by atoms with Crippen molar-refractivity contribution in [3.8, 4) is 0 Å². The summed E-state index contributed by atoms with van der Waals surface area (Å²) in [7, 11) is 2.02. The third-order valence-electron chi connectivity index (χ3n) is 4.15. The molecular formula is C14H26N4. The maximum absolute atomic E-state index is 6.40. The molecule has 0 saturated carbocycles. The molecular weight excluding hydrogens is 224 g/mol. The molecule has 2 heterocycles. The first-order valence-electron chi connectivity index (χ1n) is 7.06. The van der Waals surface area contributed by atoms with Gasteiger partial charge in [-0.1, -0.05) is 6.92 Å². The number of nitrogens with zero attached hydrogens (tertiary/aromatic N) is 3. The predicted octanol–water partition coefficient (Wildman–Crippen LogP) is 1.91. The van der Waals surface area contributed by atoms with Gasteiger partial charge in [0, 0.05) is 24.3 Å². The van der Waals surface area contributed by atoms with Gasteiger partial charge in [0.25, 0.3) is 0 Å². The van der Waals surface area contributed by atoms with Gasteiger partial charge in [-0.2, -0.15) is 5.10 Å². The fourth-order valence-electron chi connectivity index (χ4n) is 3.25. The van der Waals surface area contributed by atoms with Crippen LogP contribution in [0.2, 0.25) is 0 Å². The fourth-order valence-corrected chi connectivity index (χ4v) is 3.25. The predicted molar refractivity (Wildman–Crippen MR) is 74.5 cm³/mol. The second kappa shape index (κ2) is 5.41. The zero-order valence-electron chi connectivity index (χ0n) is 12.1. The second-order valence-corrected chi connectivity index (χ2v) is 5.49. The van der Waals surface area contributed by atoms with E-state index in [1.54, 1.807) is 0 Å². The van der Waals surface area contributed by atoms with Gasteiger partial charge in [-0.15, -0.1) is 0 Å². The first kappa shape index (κ1) is 13.6. The van der Waals surface area contributed by atoms with Crippen molar-refractivity contribution in [3.05, 3.63) is 17.0 Å². The monoisotopic (exact) mass is 250 g/mol. The van der Waals surface area contributed by atoms with Gasteiger partial charge in [0.2, 0.25) is 0 Å². The first-order valence-corrected chi connectivity index (χ1v) is 7.06. The summed E-state index contributed by atoms with van der Waals surface area (Å²) in [5.41, 5.74) is 10.2. The molecule has 1 aliphatic heterocycles. The highest BCUT2D eigenvalue weighted by atomic mass is 15.3. The fraction of sp³-hybridized carbons (Fsp3) is 0.786. The van der Waals surface area contributed by atoms with Crippen LogP contribution >= 0.6 is 0 Å². The van der Waals surface area contributed by atoms with Crippen LogP contribution in [-0.2, 0) is 7.05 Å². The summed E-state index contributed by atoms with van der Waals surface area (Å²) in [5, 5.41) is 4.55. The van der Waals surface area contributed by atoms with Crippen LogP contribution in [0.15, 0.2) is 0 Å². The minimum atomic E-state index is 0.242. The smallest absolute Gasteiger partial charge is 0.0644 e. The topological polar surface area (TPSA) is 47.1 Å². The maximum atomic E-state index is 6.40. The van der Waals surface area contributed by atoms with Crippen molar-refractivity contribution < 1.29 is 0 Å². The average molecular weight is 250 g/mol. The molecule has 0 amide bonds. The summed E-state index contributed by atoms with van der Waals surface area (Å²) in [6.45, 7) is 8.79. The van der Waals surface area contributed by atoms with Crippen LogP contribution in [0.5, 0.6) is 0 Å². The van der Waals surface area contributed by atoms with E-state index < -0.39 is 0 Å². The Kier molecular flexibility index (Phi) is 4.07. The molecule has 1 aromatic rings. The van der Waals surface area contributed by atoms with E-state index in [-0.39, 0.29) is 6.04 Å². The number of likely N-dealkylation sites (tertiary alicyclic amines) is 1. The van der Waals surface area contributed by atoms with E-state index in [2.05, 4.69) is 30.8 Å². The molecule has 4 heteroatoms. The Hall–Kier alpha value is -0.870. The van der Waals surface area contributed by atoms with Gasteiger partial charge >= 0.3 is 0 Å². The molecule has 0 aromatic carbocycles. The van der Waals surface area contributed by atoms with Crippen LogP contribution in [0.4, 0.5) is 0 Å². The van der Waals surface area contributed by atoms with Crippen molar-refractivity contribution in [2.45, 2.75) is 52.1 Å². The van der Waals surface area contributed by atoms with E-state index in [9.17, 15) is 0 Å². The number of rotatable bonds is 3. The summed E-state index contributed by atoms with van der Waals surface area (Å²) in [4.78, 5) is 2.55. The highest BCUT2D eigenvalue weighted by Crippen LogP contribution is 2.33. The van der Waals surface area contributed by atoms with E-state index in [1.165, 1.54) is 30.6 Å². The second-order valence-electron chi connectivity index (χ2n) is 5.49.